The smallest absolute Gasteiger partial charge is 0.233 e. The van der Waals surface area contributed by atoms with Crippen molar-refractivity contribution >= 4 is 21.8 Å². The van der Waals surface area contributed by atoms with Crippen LogP contribution in [0.1, 0.15) is 33.6 Å². The summed E-state index contributed by atoms with van der Waals surface area (Å²) in [7, 11) is 0. The third kappa shape index (κ3) is 6.90. The highest BCUT2D eigenvalue weighted by molar-refractivity contribution is 9.10. The number of alkyl halides is 1. The Morgan fingerprint density at radius 1 is 1.33 bits per heavy atom. The van der Waals surface area contributed by atoms with Crippen molar-refractivity contribution in [2.75, 3.05) is 26.2 Å². The Bertz CT molecular complexity index is 172. The third-order valence-corrected chi connectivity index (χ3v) is 3.55. The molecule has 15 heavy (non-hydrogen) atoms. The molecule has 0 aromatic carbocycles. The van der Waals surface area contributed by atoms with Crippen molar-refractivity contribution in [1.29, 1.82) is 0 Å². The molecule has 0 spiro atoms. The molecule has 4 heteroatoms. The molecule has 0 aliphatic carbocycles. The summed E-state index contributed by atoms with van der Waals surface area (Å²) in [6.45, 7) is 10.3. The minimum absolute atomic E-state index is 0.0362. The Labute approximate surface area is 102 Å². The van der Waals surface area contributed by atoms with Crippen LogP contribution < -0.4 is 5.32 Å². The van der Waals surface area contributed by atoms with Crippen LogP contribution in [0.3, 0.4) is 0 Å². The molecule has 0 aliphatic rings. The fourth-order valence-corrected chi connectivity index (χ4v) is 1.51. The van der Waals surface area contributed by atoms with E-state index in [1.54, 1.807) is 0 Å². The van der Waals surface area contributed by atoms with Crippen LogP contribution in [0.4, 0.5) is 0 Å². The fraction of sp³-hybridized carbons (Fsp3) is 0.909. The van der Waals surface area contributed by atoms with Gasteiger partial charge in [-0.1, -0.05) is 36.7 Å². The van der Waals surface area contributed by atoms with Crippen LogP contribution in [0, 0.1) is 0 Å². The van der Waals surface area contributed by atoms with Crippen molar-refractivity contribution in [2.45, 2.75) is 38.4 Å². The highest BCUT2D eigenvalue weighted by Crippen LogP contribution is 2.03. The van der Waals surface area contributed by atoms with E-state index in [-0.39, 0.29) is 10.7 Å². The molecule has 90 valence electrons. The topological polar surface area (TPSA) is 32.3 Å². The van der Waals surface area contributed by atoms with Crippen LogP contribution in [-0.2, 0) is 4.79 Å². The number of hydrogen-bond donors (Lipinski definition) is 1. The molecule has 3 nitrogen and oxygen atoms in total. The van der Waals surface area contributed by atoms with Crippen molar-refractivity contribution in [2.24, 2.45) is 0 Å². The van der Waals surface area contributed by atoms with Gasteiger partial charge in [-0.25, -0.2) is 0 Å². The van der Waals surface area contributed by atoms with Gasteiger partial charge < -0.3 is 10.2 Å². The van der Waals surface area contributed by atoms with Gasteiger partial charge in [0, 0.05) is 6.54 Å². The molecule has 0 aromatic rings. The minimum atomic E-state index is -0.0362. The second-order valence-corrected chi connectivity index (χ2v) is 4.65. The summed E-state index contributed by atoms with van der Waals surface area (Å²) in [6.07, 6.45) is 1.86. The van der Waals surface area contributed by atoms with Crippen LogP contribution in [0.5, 0.6) is 0 Å². The van der Waals surface area contributed by atoms with E-state index in [1.807, 2.05) is 6.92 Å². The molecule has 0 heterocycles. The van der Waals surface area contributed by atoms with Gasteiger partial charge in [0.05, 0.1) is 4.83 Å². The van der Waals surface area contributed by atoms with Gasteiger partial charge in [0.2, 0.25) is 5.91 Å². The summed E-state index contributed by atoms with van der Waals surface area (Å²) < 4.78 is 0. The molecule has 1 atom stereocenters. The van der Waals surface area contributed by atoms with Gasteiger partial charge in [-0.05, 0) is 32.5 Å². The second kappa shape index (κ2) is 9.16. The Balaban J connectivity index is 3.49. The molecule has 0 saturated carbocycles. The van der Waals surface area contributed by atoms with Crippen LogP contribution in [0.2, 0.25) is 0 Å². The van der Waals surface area contributed by atoms with E-state index < -0.39 is 0 Å². The zero-order chi connectivity index (χ0) is 11.7. The average Bonchev–Trinajstić information content (AvgIpc) is 2.27. The lowest BCUT2D eigenvalue weighted by Gasteiger charge is -2.18. The number of carbonyl (C=O) groups excluding carboxylic acids is 1. The molecule has 0 rings (SSSR count). The standard InChI is InChI=1S/C11H23BrN2O/c1-4-10(12)11(15)13-8-7-9-14(5-2)6-3/h10H,4-9H2,1-3H3,(H,13,15). The molecule has 0 bridgehead atoms. The third-order valence-electron chi connectivity index (χ3n) is 2.49. The van der Waals surface area contributed by atoms with Gasteiger partial charge in [0.1, 0.15) is 0 Å². The van der Waals surface area contributed by atoms with Crippen LogP contribution in [0.15, 0.2) is 0 Å². The van der Waals surface area contributed by atoms with E-state index in [9.17, 15) is 4.79 Å². The first kappa shape index (κ1) is 14.9. The first-order valence-electron chi connectivity index (χ1n) is 5.79. The van der Waals surface area contributed by atoms with Gasteiger partial charge >= 0.3 is 0 Å². The number of carbonyl (C=O) groups is 1. The maximum absolute atomic E-state index is 11.4. The van der Waals surface area contributed by atoms with E-state index >= 15 is 0 Å². The molecule has 0 fully saturated rings. The van der Waals surface area contributed by atoms with Crippen molar-refractivity contribution in [3.63, 3.8) is 0 Å². The highest BCUT2D eigenvalue weighted by Gasteiger charge is 2.10. The first-order valence-corrected chi connectivity index (χ1v) is 6.71. The molecule has 0 radical (unpaired) electrons. The second-order valence-electron chi connectivity index (χ2n) is 3.55. The molecule has 0 saturated heterocycles. The van der Waals surface area contributed by atoms with Gasteiger partial charge in [-0.3, -0.25) is 4.79 Å². The number of amides is 1. The zero-order valence-corrected chi connectivity index (χ0v) is 11.6. The lowest BCUT2D eigenvalue weighted by atomic mass is 10.3. The quantitative estimate of drug-likeness (QED) is 0.544. The normalized spacial score (nSPS) is 12.9. The van der Waals surface area contributed by atoms with E-state index in [2.05, 4.69) is 40.0 Å². The molecule has 1 unspecified atom stereocenters. The van der Waals surface area contributed by atoms with Crippen molar-refractivity contribution in [1.82, 2.24) is 10.2 Å². The Morgan fingerprint density at radius 3 is 2.40 bits per heavy atom. The van der Waals surface area contributed by atoms with Gasteiger partial charge in [-0.15, -0.1) is 0 Å². The molecular formula is C11H23BrN2O. The van der Waals surface area contributed by atoms with Crippen molar-refractivity contribution in [3.8, 4) is 0 Å². The maximum Gasteiger partial charge on any atom is 0.233 e. The predicted molar refractivity (Wildman–Crippen MR) is 68.4 cm³/mol. The van der Waals surface area contributed by atoms with Crippen LogP contribution in [0.25, 0.3) is 0 Å². The molecule has 1 amide bonds. The maximum atomic E-state index is 11.4. The van der Waals surface area contributed by atoms with E-state index in [4.69, 9.17) is 0 Å². The number of rotatable bonds is 8. The number of nitrogens with one attached hydrogen (secondary N) is 1. The summed E-state index contributed by atoms with van der Waals surface area (Å²) in [6, 6.07) is 0. The molecule has 0 aromatic heterocycles. The number of halogens is 1. The Morgan fingerprint density at radius 2 is 1.93 bits per heavy atom. The lowest BCUT2D eigenvalue weighted by molar-refractivity contribution is -0.120. The Hall–Kier alpha value is -0.0900. The highest BCUT2D eigenvalue weighted by atomic mass is 79.9. The summed E-state index contributed by atoms with van der Waals surface area (Å²) in [5.41, 5.74) is 0. The molecular weight excluding hydrogens is 256 g/mol. The summed E-state index contributed by atoms with van der Waals surface area (Å²) in [4.78, 5) is 13.7. The average molecular weight is 279 g/mol. The van der Waals surface area contributed by atoms with E-state index in [0.717, 1.165) is 39.0 Å². The molecule has 0 aliphatic heterocycles. The molecule has 1 N–H and O–H groups in total. The van der Waals surface area contributed by atoms with Crippen LogP contribution >= 0.6 is 15.9 Å². The van der Waals surface area contributed by atoms with E-state index in [0.29, 0.717) is 0 Å². The lowest BCUT2D eigenvalue weighted by Crippen LogP contribution is -2.33. The largest absolute Gasteiger partial charge is 0.355 e. The van der Waals surface area contributed by atoms with Gasteiger partial charge in [-0.2, -0.15) is 0 Å². The summed E-state index contributed by atoms with van der Waals surface area (Å²) in [5.74, 6) is 0.108. The zero-order valence-electron chi connectivity index (χ0n) is 10.1. The number of nitrogens with zero attached hydrogens (tertiary/aromatic N) is 1. The summed E-state index contributed by atoms with van der Waals surface area (Å²) in [5, 5.41) is 2.92. The Kier molecular flexibility index (Phi) is 9.10. The monoisotopic (exact) mass is 278 g/mol. The minimum Gasteiger partial charge on any atom is -0.355 e. The SMILES string of the molecule is CCC(Br)C(=O)NCCCN(CC)CC. The fourth-order valence-electron chi connectivity index (χ4n) is 1.35. The summed E-state index contributed by atoms with van der Waals surface area (Å²) >= 11 is 3.33. The van der Waals surface area contributed by atoms with Crippen molar-refractivity contribution in [3.05, 3.63) is 0 Å². The van der Waals surface area contributed by atoms with Gasteiger partial charge in [0.25, 0.3) is 0 Å². The van der Waals surface area contributed by atoms with E-state index in [1.165, 1.54) is 0 Å². The predicted octanol–water partition coefficient (Wildman–Crippen LogP) is 2.01. The first-order chi connectivity index (χ1) is 7.15. The number of hydrogen-bond acceptors (Lipinski definition) is 2. The van der Waals surface area contributed by atoms with Gasteiger partial charge in [0.15, 0.2) is 0 Å². The van der Waals surface area contributed by atoms with Crippen LogP contribution in [-0.4, -0.2) is 41.8 Å². The van der Waals surface area contributed by atoms with Crippen molar-refractivity contribution < 1.29 is 4.79 Å².